The summed E-state index contributed by atoms with van der Waals surface area (Å²) in [5, 5.41) is 11.1. The van der Waals surface area contributed by atoms with Crippen molar-refractivity contribution in [2.75, 3.05) is 0 Å². The summed E-state index contributed by atoms with van der Waals surface area (Å²) in [5.41, 5.74) is 13.8. The Morgan fingerprint density at radius 1 is 0.644 bits per heavy atom. The summed E-state index contributed by atoms with van der Waals surface area (Å²) >= 11 is 0. The highest BCUT2D eigenvalue weighted by Gasteiger charge is 2.25. The van der Waals surface area contributed by atoms with Crippen molar-refractivity contribution < 1.29 is 5.11 Å². The minimum Gasteiger partial charge on any atom is -0.507 e. The predicted octanol–water partition coefficient (Wildman–Crippen LogP) is 10.6. The number of hydrogen-bond acceptors (Lipinski definition) is 3. The highest BCUT2D eigenvalue weighted by atomic mass is 16.3. The Bertz CT molecular complexity index is 2050. The van der Waals surface area contributed by atoms with Gasteiger partial charge in [0.05, 0.1) is 28.0 Å². The van der Waals surface area contributed by atoms with Crippen LogP contribution >= 0.6 is 0 Å². The van der Waals surface area contributed by atoms with E-state index >= 15 is 0 Å². The van der Waals surface area contributed by atoms with Gasteiger partial charge < -0.3 is 5.11 Å². The van der Waals surface area contributed by atoms with Crippen LogP contribution in [0.2, 0.25) is 0 Å². The Kier molecular flexibility index (Phi) is 7.43. The van der Waals surface area contributed by atoms with Crippen LogP contribution in [0, 0.1) is 20.8 Å². The number of phenolic OH excluding ortho intramolecular Hbond substituents is 1. The monoisotopic (exact) mass is 593 g/mol. The lowest BCUT2D eigenvalue weighted by molar-refractivity contribution is 0.477. The molecular weight excluding hydrogens is 550 g/mol. The van der Waals surface area contributed by atoms with E-state index < -0.39 is 0 Å². The Hall–Kier alpha value is -4.70. The van der Waals surface area contributed by atoms with Crippen molar-refractivity contribution in [2.24, 2.45) is 0 Å². The molecule has 0 spiro atoms. The molecule has 2 heterocycles. The molecule has 0 radical (unpaired) electrons. The number of rotatable bonds is 4. The first kappa shape index (κ1) is 30.3. The van der Waals surface area contributed by atoms with Crippen molar-refractivity contribution in [1.82, 2.24) is 14.5 Å². The topological polar surface area (TPSA) is 50.9 Å². The second-order valence-corrected chi connectivity index (χ2v) is 14.4. The molecular formula is C41H43N3O. The SMILES string of the molecule is Cc1cc(C)c(-n2c(-c3ccccc3O)nc3c(-c4cccc(-c5cc(C(C)(C)C)ccn5)c4)cc(C(C)(C)C)cc32)c(C)c1. The molecule has 4 aromatic carbocycles. The quantitative estimate of drug-likeness (QED) is 0.221. The van der Waals surface area contributed by atoms with E-state index in [1.165, 1.54) is 16.7 Å². The fourth-order valence-corrected chi connectivity index (χ4v) is 6.33. The first-order chi connectivity index (χ1) is 21.2. The molecule has 0 fully saturated rings. The van der Waals surface area contributed by atoms with Crippen LogP contribution in [0.15, 0.2) is 91.1 Å². The van der Waals surface area contributed by atoms with Crippen LogP contribution in [0.1, 0.15) is 69.4 Å². The Balaban J connectivity index is 1.69. The van der Waals surface area contributed by atoms with E-state index in [4.69, 9.17) is 9.97 Å². The van der Waals surface area contributed by atoms with Crippen LogP contribution in [0.5, 0.6) is 5.75 Å². The van der Waals surface area contributed by atoms with Gasteiger partial charge in [-0.25, -0.2) is 4.98 Å². The fourth-order valence-electron chi connectivity index (χ4n) is 6.33. The number of aromatic nitrogens is 3. The molecule has 0 saturated heterocycles. The number of aromatic hydroxyl groups is 1. The largest absolute Gasteiger partial charge is 0.507 e. The van der Waals surface area contributed by atoms with Gasteiger partial charge in [0.25, 0.3) is 0 Å². The minimum absolute atomic E-state index is 0.0287. The van der Waals surface area contributed by atoms with E-state index in [1.54, 1.807) is 6.07 Å². The van der Waals surface area contributed by atoms with E-state index in [9.17, 15) is 5.11 Å². The number of fused-ring (bicyclic) bond motifs is 1. The maximum absolute atomic E-state index is 11.1. The first-order valence-corrected chi connectivity index (χ1v) is 15.7. The predicted molar refractivity (Wildman–Crippen MR) is 188 cm³/mol. The second kappa shape index (κ2) is 11.0. The molecule has 1 N–H and O–H groups in total. The van der Waals surface area contributed by atoms with E-state index in [0.29, 0.717) is 5.56 Å². The normalized spacial score (nSPS) is 12.2. The average Bonchev–Trinajstić information content (AvgIpc) is 3.34. The lowest BCUT2D eigenvalue weighted by Crippen LogP contribution is -2.12. The van der Waals surface area contributed by atoms with Crippen LogP contribution in [0.3, 0.4) is 0 Å². The number of imidazole rings is 1. The van der Waals surface area contributed by atoms with Crippen LogP contribution in [-0.4, -0.2) is 19.6 Å². The molecule has 0 atom stereocenters. The zero-order valence-corrected chi connectivity index (χ0v) is 27.9. The molecule has 4 nitrogen and oxygen atoms in total. The molecule has 0 aliphatic carbocycles. The summed E-state index contributed by atoms with van der Waals surface area (Å²) in [6, 6.07) is 29.5. The summed E-state index contributed by atoms with van der Waals surface area (Å²) in [7, 11) is 0. The number of nitrogens with zero attached hydrogens (tertiary/aromatic N) is 3. The zero-order valence-electron chi connectivity index (χ0n) is 27.9. The first-order valence-electron chi connectivity index (χ1n) is 15.7. The van der Waals surface area contributed by atoms with Crippen LogP contribution in [-0.2, 0) is 10.8 Å². The summed E-state index contributed by atoms with van der Waals surface area (Å²) in [5.74, 6) is 0.932. The van der Waals surface area contributed by atoms with Crippen molar-refractivity contribution in [1.29, 1.82) is 0 Å². The van der Waals surface area contributed by atoms with Gasteiger partial charge in [0.1, 0.15) is 11.6 Å². The Morgan fingerprint density at radius 3 is 1.98 bits per heavy atom. The number of benzene rings is 4. The van der Waals surface area contributed by atoms with Gasteiger partial charge in [0.2, 0.25) is 0 Å². The van der Waals surface area contributed by atoms with Crippen molar-refractivity contribution in [3.05, 3.63) is 119 Å². The van der Waals surface area contributed by atoms with Gasteiger partial charge in [0, 0.05) is 17.3 Å². The molecule has 0 bridgehead atoms. The van der Waals surface area contributed by atoms with Crippen molar-refractivity contribution in [2.45, 2.75) is 73.1 Å². The van der Waals surface area contributed by atoms with Crippen LogP contribution < -0.4 is 0 Å². The van der Waals surface area contributed by atoms with Gasteiger partial charge in [-0.3, -0.25) is 9.55 Å². The van der Waals surface area contributed by atoms with Gasteiger partial charge in [-0.1, -0.05) is 89.6 Å². The highest BCUT2D eigenvalue weighted by Crippen LogP contribution is 2.41. The van der Waals surface area contributed by atoms with Crippen molar-refractivity contribution >= 4 is 11.0 Å². The molecule has 228 valence electrons. The zero-order chi connectivity index (χ0) is 32.3. The average molecular weight is 594 g/mol. The third-order valence-corrected chi connectivity index (χ3v) is 8.73. The van der Waals surface area contributed by atoms with Crippen LogP contribution in [0.4, 0.5) is 0 Å². The second-order valence-electron chi connectivity index (χ2n) is 14.4. The molecule has 0 amide bonds. The van der Waals surface area contributed by atoms with Gasteiger partial charge in [-0.2, -0.15) is 0 Å². The number of phenols is 1. The Labute approximate surface area is 267 Å². The van der Waals surface area contributed by atoms with Crippen molar-refractivity contribution in [3.63, 3.8) is 0 Å². The van der Waals surface area contributed by atoms with Crippen LogP contribution in [0.25, 0.3) is 50.5 Å². The number of pyridine rings is 1. The van der Waals surface area contributed by atoms with Gasteiger partial charge in [-0.15, -0.1) is 0 Å². The maximum atomic E-state index is 11.1. The molecule has 0 saturated carbocycles. The lowest BCUT2D eigenvalue weighted by Gasteiger charge is -2.22. The summed E-state index contributed by atoms with van der Waals surface area (Å²) in [6.07, 6.45) is 1.91. The van der Waals surface area contributed by atoms with Gasteiger partial charge >= 0.3 is 0 Å². The Morgan fingerprint density at radius 2 is 1.31 bits per heavy atom. The molecule has 0 aliphatic heterocycles. The van der Waals surface area contributed by atoms with Crippen molar-refractivity contribution in [3.8, 4) is 45.2 Å². The standard InChI is InChI=1S/C41H43N3O/c1-25-19-26(2)38(27(3)20-25)44-35-24-31(41(7,8)9)22-33(37(35)43-39(44)32-15-10-11-16-36(32)45)28-13-12-14-29(21-28)34-23-30(17-18-42-34)40(4,5)6/h10-24,45H,1-9H3. The summed E-state index contributed by atoms with van der Waals surface area (Å²) in [4.78, 5) is 10.1. The van der Waals surface area contributed by atoms with E-state index in [1.807, 2.05) is 24.4 Å². The number of aryl methyl sites for hydroxylation is 3. The third-order valence-electron chi connectivity index (χ3n) is 8.73. The van der Waals surface area contributed by atoms with Gasteiger partial charge in [-0.05, 0) is 102 Å². The number of hydrogen-bond donors (Lipinski definition) is 1. The molecule has 6 rings (SSSR count). The molecule has 0 aliphatic rings. The van der Waals surface area contributed by atoms with E-state index in [-0.39, 0.29) is 16.6 Å². The fraction of sp³-hybridized carbons (Fsp3) is 0.268. The molecule has 0 unspecified atom stereocenters. The summed E-state index contributed by atoms with van der Waals surface area (Å²) < 4.78 is 2.26. The maximum Gasteiger partial charge on any atom is 0.149 e. The lowest BCUT2D eigenvalue weighted by atomic mass is 9.84. The minimum atomic E-state index is -0.106. The van der Waals surface area contributed by atoms with E-state index in [0.717, 1.165) is 56.1 Å². The summed E-state index contributed by atoms with van der Waals surface area (Å²) in [6.45, 7) is 19.9. The number of para-hydroxylation sites is 1. The molecule has 45 heavy (non-hydrogen) atoms. The third kappa shape index (κ3) is 5.66. The molecule has 2 aromatic heterocycles. The smallest absolute Gasteiger partial charge is 0.149 e. The molecule has 4 heteroatoms. The molecule has 6 aromatic rings. The van der Waals surface area contributed by atoms with Gasteiger partial charge in [0.15, 0.2) is 0 Å². The highest BCUT2D eigenvalue weighted by molar-refractivity contribution is 5.97. The van der Waals surface area contributed by atoms with E-state index in [2.05, 4.69) is 128 Å².